The number of carbonyl (C=O) groups is 1. The lowest BCUT2D eigenvalue weighted by atomic mass is 9.85. The highest BCUT2D eigenvalue weighted by molar-refractivity contribution is 6.00. The molecule has 8 nitrogen and oxygen atoms in total. The molecule has 1 aliphatic carbocycles. The summed E-state index contributed by atoms with van der Waals surface area (Å²) in [7, 11) is 3.70. The van der Waals surface area contributed by atoms with Crippen molar-refractivity contribution >= 4 is 11.6 Å². The maximum atomic E-state index is 13.0. The van der Waals surface area contributed by atoms with E-state index in [0.717, 1.165) is 6.07 Å². The van der Waals surface area contributed by atoms with Gasteiger partial charge < -0.3 is 19.5 Å². The average Bonchev–Trinajstić information content (AvgIpc) is 2.65. The fraction of sp³-hybridized carbons (Fsp3) is 0.588. The first-order valence-electron chi connectivity index (χ1n) is 8.48. The summed E-state index contributed by atoms with van der Waals surface area (Å²) in [6.07, 6.45) is -3.96. The van der Waals surface area contributed by atoms with Crippen LogP contribution in [0.1, 0.15) is 36.0 Å². The number of carbonyl (C=O) groups excluding carboxylic acids is 1. The van der Waals surface area contributed by atoms with Gasteiger partial charge in [-0.2, -0.15) is 13.2 Å². The standard InChI is InChI=1S/C17H21F3N2O6/c1-26-12-8-11(13(22(24)25)15(28-3)14(12)27-2)16(23)21-10-6-4-5-9(7-10)17(18,19)20/h8-10H,4-7H2,1-3H3,(H,21,23). The summed E-state index contributed by atoms with van der Waals surface area (Å²) in [5, 5.41) is 14.0. The second-order valence-electron chi connectivity index (χ2n) is 6.37. The molecule has 1 fully saturated rings. The number of nitrogens with one attached hydrogen (secondary N) is 1. The summed E-state index contributed by atoms with van der Waals surface area (Å²) in [6.45, 7) is 0. The molecule has 0 spiro atoms. The Morgan fingerprint density at radius 2 is 1.82 bits per heavy atom. The highest BCUT2D eigenvalue weighted by atomic mass is 19.4. The number of hydrogen-bond acceptors (Lipinski definition) is 6. The number of hydrogen-bond donors (Lipinski definition) is 1. The van der Waals surface area contributed by atoms with Gasteiger partial charge in [0.1, 0.15) is 5.56 Å². The second-order valence-corrected chi connectivity index (χ2v) is 6.37. The van der Waals surface area contributed by atoms with Gasteiger partial charge in [0.25, 0.3) is 5.91 Å². The van der Waals surface area contributed by atoms with Gasteiger partial charge in [-0.05, 0) is 19.3 Å². The maximum absolute atomic E-state index is 13.0. The minimum Gasteiger partial charge on any atom is -0.493 e. The molecule has 1 aromatic carbocycles. The van der Waals surface area contributed by atoms with Crippen LogP contribution in [0.2, 0.25) is 0 Å². The Bertz CT molecular complexity index is 753. The molecule has 1 aliphatic rings. The van der Waals surface area contributed by atoms with Crippen LogP contribution in [0.3, 0.4) is 0 Å². The van der Waals surface area contributed by atoms with Gasteiger partial charge in [-0.25, -0.2) is 0 Å². The molecule has 1 aromatic rings. The Kier molecular flexibility index (Phi) is 6.57. The monoisotopic (exact) mass is 406 g/mol. The number of benzene rings is 1. The molecule has 28 heavy (non-hydrogen) atoms. The zero-order valence-electron chi connectivity index (χ0n) is 15.6. The molecule has 11 heteroatoms. The lowest BCUT2D eigenvalue weighted by Crippen LogP contribution is -2.41. The molecule has 2 unspecified atom stereocenters. The number of rotatable bonds is 6. The van der Waals surface area contributed by atoms with E-state index in [0.29, 0.717) is 12.8 Å². The van der Waals surface area contributed by atoms with Crippen LogP contribution in [0, 0.1) is 16.0 Å². The van der Waals surface area contributed by atoms with Crippen LogP contribution in [0.15, 0.2) is 6.07 Å². The van der Waals surface area contributed by atoms with Gasteiger partial charge in [0.05, 0.1) is 32.2 Å². The number of ether oxygens (including phenoxy) is 3. The Hall–Kier alpha value is -2.72. The molecule has 2 atom stereocenters. The van der Waals surface area contributed by atoms with Crippen molar-refractivity contribution in [2.45, 2.75) is 37.9 Å². The summed E-state index contributed by atoms with van der Waals surface area (Å²) in [5.74, 6) is -2.75. The third-order valence-corrected chi connectivity index (χ3v) is 4.70. The first-order chi connectivity index (χ1) is 13.1. The van der Waals surface area contributed by atoms with Crippen molar-refractivity contribution in [3.8, 4) is 17.2 Å². The fourth-order valence-corrected chi connectivity index (χ4v) is 3.38. The number of nitrogens with zero attached hydrogens (tertiary/aromatic N) is 1. The number of alkyl halides is 3. The van der Waals surface area contributed by atoms with Crippen molar-refractivity contribution in [1.29, 1.82) is 0 Å². The molecular weight excluding hydrogens is 385 g/mol. The highest BCUT2D eigenvalue weighted by Gasteiger charge is 2.43. The van der Waals surface area contributed by atoms with Crippen LogP contribution in [0.25, 0.3) is 0 Å². The molecule has 0 saturated heterocycles. The van der Waals surface area contributed by atoms with Crippen molar-refractivity contribution in [3.05, 3.63) is 21.7 Å². The molecule has 0 aromatic heterocycles. The fourth-order valence-electron chi connectivity index (χ4n) is 3.38. The second kappa shape index (κ2) is 8.53. The van der Waals surface area contributed by atoms with Gasteiger partial charge in [-0.3, -0.25) is 14.9 Å². The van der Waals surface area contributed by atoms with E-state index in [2.05, 4.69) is 5.32 Å². The highest BCUT2D eigenvalue weighted by Crippen LogP contribution is 2.46. The zero-order valence-corrected chi connectivity index (χ0v) is 15.6. The quantitative estimate of drug-likeness (QED) is 0.574. The molecule has 2 rings (SSSR count). The summed E-state index contributed by atoms with van der Waals surface area (Å²) >= 11 is 0. The topological polar surface area (TPSA) is 99.9 Å². The van der Waals surface area contributed by atoms with E-state index >= 15 is 0 Å². The van der Waals surface area contributed by atoms with Gasteiger partial charge in [-0.1, -0.05) is 6.42 Å². The zero-order chi connectivity index (χ0) is 21.1. The van der Waals surface area contributed by atoms with Crippen molar-refractivity contribution in [2.24, 2.45) is 5.92 Å². The van der Waals surface area contributed by atoms with Crippen molar-refractivity contribution in [3.63, 3.8) is 0 Å². The van der Waals surface area contributed by atoms with Crippen molar-refractivity contribution < 1.29 is 37.1 Å². The predicted molar refractivity (Wildman–Crippen MR) is 92.0 cm³/mol. The van der Waals surface area contributed by atoms with Crippen molar-refractivity contribution in [2.75, 3.05) is 21.3 Å². The summed E-state index contributed by atoms with van der Waals surface area (Å²) in [4.78, 5) is 23.4. The molecule has 0 heterocycles. The molecule has 156 valence electrons. The minimum atomic E-state index is -4.35. The Morgan fingerprint density at radius 3 is 2.32 bits per heavy atom. The van der Waals surface area contributed by atoms with E-state index in [1.54, 1.807) is 0 Å². The number of amides is 1. The largest absolute Gasteiger partial charge is 0.493 e. The van der Waals surface area contributed by atoms with E-state index in [4.69, 9.17) is 14.2 Å². The van der Waals surface area contributed by atoms with Crippen LogP contribution in [0.5, 0.6) is 17.2 Å². The maximum Gasteiger partial charge on any atom is 0.391 e. The van der Waals surface area contributed by atoms with Gasteiger partial charge in [0, 0.05) is 12.1 Å². The summed E-state index contributed by atoms with van der Waals surface area (Å²) in [6, 6.07) is 0.366. The third kappa shape index (κ3) is 4.39. The normalized spacial score (nSPS) is 19.6. The average molecular weight is 406 g/mol. The number of nitro groups is 1. The molecule has 1 N–H and O–H groups in total. The third-order valence-electron chi connectivity index (χ3n) is 4.70. The molecule has 0 radical (unpaired) electrons. The minimum absolute atomic E-state index is 0.000198. The molecule has 1 amide bonds. The Balaban J connectivity index is 2.38. The van der Waals surface area contributed by atoms with Crippen molar-refractivity contribution in [1.82, 2.24) is 5.32 Å². The SMILES string of the molecule is COc1cc(C(=O)NC2CCCC(C(F)(F)F)C2)c([N+](=O)[O-])c(OC)c1OC. The molecule has 1 saturated carbocycles. The van der Waals surface area contributed by atoms with Gasteiger partial charge in [-0.15, -0.1) is 0 Å². The van der Waals surface area contributed by atoms with E-state index in [1.807, 2.05) is 0 Å². The lowest BCUT2D eigenvalue weighted by Gasteiger charge is -2.31. The summed E-state index contributed by atoms with van der Waals surface area (Å²) < 4.78 is 54.1. The number of nitro benzene ring substituents is 1. The van der Waals surface area contributed by atoms with Crippen LogP contribution < -0.4 is 19.5 Å². The molecule has 0 bridgehead atoms. The van der Waals surface area contributed by atoms with E-state index in [9.17, 15) is 28.1 Å². The van der Waals surface area contributed by atoms with Gasteiger partial charge in [0.2, 0.25) is 11.5 Å². The Labute approximate surface area is 159 Å². The summed E-state index contributed by atoms with van der Waals surface area (Å²) in [5.41, 5.74) is -1.03. The van der Waals surface area contributed by atoms with E-state index in [-0.39, 0.29) is 35.7 Å². The van der Waals surface area contributed by atoms with Gasteiger partial charge >= 0.3 is 11.9 Å². The number of halogens is 3. The van der Waals surface area contributed by atoms with Crippen LogP contribution in [-0.2, 0) is 0 Å². The molecule has 0 aliphatic heterocycles. The Morgan fingerprint density at radius 1 is 1.18 bits per heavy atom. The van der Waals surface area contributed by atoms with E-state index in [1.165, 1.54) is 21.3 Å². The number of methoxy groups -OCH3 is 3. The lowest BCUT2D eigenvalue weighted by molar-refractivity contribution is -0.386. The molecular formula is C17H21F3N2O6. The van der Waals surface area contributed by atoms with Crippen LogP contribution >= 0.6 is 0 Å². The smallest absolute Gasteiger partial charge is 0.391 e. The first-order valence-corrected chi connectivity index (χ1v) is 8.48. The first kappa shape index (κ1) is 21.6. The van der Waals surface area contributed by atoms with Crippen LogP contribution in [-0.4, -0.2) is 44.4 Å². The predicted octanol–water partition coefficient (Wildman–Crippen LogP) is 3.47. The van der Waals surface area contributed by atoms with E-state index < -0.39 is 34.7 Å². The van der Waals surface area contributed by atoms with Gasteiger partial charge in [0.15, 0.2) is 5.75 Å². The van der Waals surface area contributed by atoms with Crippen LogP contribution in [0.4, 0.5) is 18.9 Å².